The van der Waals surface area contributed by atoms with E-state index in [0.717, 1.165) is 12.1 Å². The number of nitro benzene ring substituents is 2. The number of non-ortho nitro benzene ring substituents is 2. The van der Waals surface area contributed by atoms with E-state index in [1.165, 1.54) is 0 Å². The summed E-state index contributed by atoms with van der Waals surface area (Å²) in [5, 5.41) is 22.4. The van der Waals surface area contributed by atoms with Gasteiger partial charge in [0.1, 0.15) is 11.1 Å². The van der Waals surface area contributed by atoms with Crippen LogP contribution in [0.4, 0.5) is 11.4 Å². The lowest BCUT2D eigenvalue weighted by Crippen LogP contribution is -2.03. The molecular formula is C17H7N3O7. The number of rotatable bonds is 3. The van der Waals surface area contributed by atoms with Crippen LogP contribution in [0.5, 0.6) is 0 Å². The van der Waals surface area contributed by atoms with Crippen LogP contribution in [0.25, 0.3) is 22.2 Å². The number of pyridine rings is 1. The van der Waals surface area contributed by atoms with Crippen LogP contribution in [0, 0.1) is 20.2 Å². The lowest BCUT2D eigenvalue weighted by molar-refractivity contribution is -0.393. The zero-order valence-corrected chi connectivity index (χ0v) is 13.2. The molecule has 0 atom stereocenters. The van der Waals surface area contributed by atoms with Gasteiger partial charge in [-0.05, 0) is 0 Å². The van der Waals surface area contributed by atoms with Gasteiger partial charge < -0.3 is 4.74 Å². The van der Waals surface area contributed by atoms with Gasteiger partial charge in [-0.2, -0.15) is 0 Å². The molecule has 1 aliphatic heterocycles. The Kier molecular flexibility index (Phi) is 3.41. The van der Waals surface area contributed by atoms with Crippen molar-refractivity contribution in [2.75, 3.05) is 0 Å². The minimum atomic E-state index is -1.03. The van der Waals surface area contributed by atoms with Crippen molar-refractivity contribution in [1.82, 2.24) is 4.98 Å². The van der Waals surface area contributed by atoms with E-state index in [2.05, 4.69) is 9.72 Å². The first kappa shape index (κ1) is 16.3. The molecule has 0 saturated heterocycles. The molecule has 1 aliphatic rings. The molecule has 0 amide bonds. The first-order chi connectivity index (χ1) is 12.9. The molecule has 0 spiro atoms. The first-order valence-corrected chi connectivity index (χ1v) is 7.51. The largest absolute Gasteiger partial charge is 0.386 e. The predicted molar refractivity (Wildman–Crippen MR) is 90.2 cm³/mol. The third-order valence-electron chi connectivity index (χ3n) is 4.10. The molecule has 0 aliphatic carbocycles. The number of ether oxygens (including phenoxy) is 1. The number of aromatic nitrogens is 1. The fourth-order valence-electron chi connectivity index (χ4n) is 2.98. The molecule has 2 aromatic carbocycles. The van der Waals surface area contributed by atoms with Gasteiger partial charge in [-0.1, -0.05) is 30.3 Å². The van der Waals surface area contributed by atoms with Gasteiger partial charge in [0.25, 0.3) is 5.69 Å². The highest BCUT2D eigenvalue weighted by atomic mass is 16.6. The summed E-state index contributed by atoms with van der Waals surface area (Å²) < 4.78 is 4.65. The summed E-state index contributed by atoms with van der Waals surface area (Å²) in [5.74, 6) is -1.99. The third-order valence-corrected chi connectivity index (χ3v) is 4.10. The Labute approximate surface area is 149 Å². The summed E-state index contributed by atoms with van der Waals surface area (Å²) >= 11 is 0. The quantitative estimate of drug-likeness (QED) is 0.298. The van der Waals surface area contributed by atoms with Gasteiger partial charge in [0.05, 0.1) is 27.2 Å². The summed E-state index contributed by atoms with van der Waals surface area (Å²) in [6, 6.07) is 10.0. The van der Waals surface area contributed by atoms with Crippen LogP contribution < -0.4 is 0 Å². The van der Waals surface area contributed by atoms with Crippen molar-refractivity contribution in [3.63, 3.8) is 0 Å². The van der Waals surface area contributed by atoms with E-state index in [0.29, 0.717) is 5.56 Å². The Hall–Kier alpha value is -4.21. The van der Waals surface area contributed by atoms with Gasteiger partial charge in [-0.15, -0.1) is 0 Å². The van der Waals surface area contributed by atoms with Crippen LogP contribution in [0.2, 0.25) is 0 Å². The molecule has 3 aromatic rings. The van der Waals surface area contributed by atoms with Gasteiger partial charge in [-0.3, -0.25) is 20.2 Å². The van der Waals surface area contributed by atoms with Crippen molar-refractivity contribution >= 4 is 34.2 Å². The predicted octanol–water partition coefficient (Wildman–Crippen LogP) is 3.03. The van der Waals surface area contributed by atoms with Crippen molar-refractivity contribution in [1.29, 1.82) is 0 Å². The summed E-state index contributed by atoms with van der Waals surface area (Å²) in [6.45, 7) is 0. The Morgan fingerprint density at radius 3 is 2.19 bits per heavy atom. The van der Waals surface area contributed by atoms with Crippen molar-refractivity contribution in [3.05, 3.63) is 73.8 Å². The number of nitrogens with zero attached hydrogens (tertiary/aromatic N) is 3. The van der Waals surface area contributed by atoms with E-state index in [1.807, 2.05) is 0 Å². The van der Waals surface area contributed by atoms with Crippen LogP contribution >= 0.6 is 0 Å². The second kappa shape index (κ2) is 5.66. The summed E-state index contributed by atoms with van der Waals surface area (Å²) in [6.07, 6.45) is 0. The topological polar surface area (TPSA) is 143 Å². The number of fused-ring (bicyclic) bond motifs is 3. The number of carbonyl (C=O) groups is 2. The summed E-state index contributed by atoms with van der Waals surface area (Å²) in [5.41, 5.74) is -1.45. The second-order valence-corrected chi connectivity index (χ2v) is 5.63. The summed E-state index contributed by atoms with van der Waals surface area (Å²) in [7, 11) is 0. The fraction of sp³-hybridized carbons (Fsp3) is 0. The van der Waals surface area contributed by atoms with Crippen LogP contribution in [-0.2, 0) is 4.74 Å². The highest BCUT2D eigenvalue weighted by Crippen LogP contribution is 2.39. The van der Waals surface area contributed by atoms with Crippen molar-refractivity contribution in [2.24, 2.45) is 0 Å². The Morgan fingerprint density at radius 2 is 1.56 bits per heavy atom. The molecule has 132 valence electrons. The molecule has 0 fully saturated rings. The Bertz CT molecular complexity index is 1190. The van der Waals surface area contributed by atoms with Crippen LogP contribution in [-0.4, -0.2) is 26.8 Å². The average Bonchev–Trinajstić information content (AvgIpc) is 2.95. The number of carbonyl (C=O) groups excluding carboxylic acids is 2. The second-order valence-electron chi connectivity index (χ2n) is 5.63. The van der Waals surface area contributed by atoms with Crippen LogP contribution in [0.1, 0.15) is 20.7 Å². The van der Waals surface area contributed by atoms with Gasteiger partial charge in [0.15, 0.2) is 0 Å². The molecule has 27 heavy (non-hydrogen) atoms. The molecule has 2 heterocycles. The average molecular weight is 365 g/mol. The van der Waals surface area contributed by atoms with E-state index >= 15 is 0 Å². The maximum atomic E-state index is 12.2. The lowest BCUT2D eigenvalue weighted by Gasteiger charge is -2.08. The smallest absolute Gasteiger partial charge is 0.349 e. The normalized spacial score (nSPS) is 12.7. The van der Waals surface area contributed by atoms with Crippen molar-refractivity contribution < 1.29 is 24.2 Å². The van der Waals surface area contributed by atoms with E-state index in [4.69, 9.17) is 0 Å². The van der Waals surface area contributed by atoms with E-state index in [9.17, 15) is 29.8 Å². The summed E-state index contributed by atoms with van der Waals surface area (Å²) in [4.78, 5) is 49.6. The van der Waals surface area contributed by atoms with Gasteiger partial charge >= 0.3 is 17.6 Å². The molecule has 4 rings (SSSR count). The van der Waals surface area contributed by atoms with Crippen molar-refractivity contribution in [2.45, 2.75) is 0 Å². The molecule has 0 N–H and O–H groups in total. The van der Waals surface area contributed by atoms with E-state index < -0.39 is 33.2 Å². The standard InChI is InChI=1S/C17H7N3O7/c21-16-12-10-6-9(19(23)24)7-11(20(25)26)15(10)18-14(13(12)17(22)27-16)8-4-2-1-3-5-8/h1-7H. The van der Waals surface area contributed by atoms with Crippen LogP contribution in [0.15, 0.2) is 42.5 Å². The van der Waals surface area contributed by atoms with Gasteiger partial charge in [0.2, 0.25) is 0 Å². The number of cyclic esters (lactones) is 2. The van der Waals surface area contributed by atoms with Crippen LogP contribution in [0.3, 0.4) is 0 Å². The minimum Gasteiger partial charge on any atom is -0.386 e. The molecule has 0 radical (unpaired) electrons. The number of nitro groups is 2. The molecule has 0 unspecified atom stereocenters. The fourth-order valence-corrected chi connectivity index (χ4v) is 2.98. The van der Waals surface area contributed by atoms with E-state index in [-0.39, 0.29) is 27.7 Å². The molecular weight excluding hydrogens is 358 g/mol. The lowest BCUT2D eigenvalue weighted by atomic mass is 9.97. The number of esters is 2. The zero-order chi connectivity index (χ0) is 19.3. The molecule has 10 nitrogen and oxygen atoms in total. The number of hydrogen-bond acceptors (Lipinski definition) is 8. The number of benzene rings is 2. The SMILES string of the molecule is O=C1OC(=O)c2c1c(-c1ccccc1)nc1c([N+](=O)[O-])cc([N+](=O)[O-])cc21. The Balaban J connectivity index is 2.21. The molecule has 0 bridgehead atoms. The highest BCUT2D eigenvalue weighted by molar-refractivity contribution is 6.24. The highest BCUT2D eigenvalue weighted by Gasteiger charge is 2.38. The minimum absolute atomic E-state index is 0.0332. The molecule has 0 saturated carbocycles. The first-order valence-electron chi connectivity index (χ1n) is 7.51. The molecule has 1 aromatic heterocycles. The number of hydrogen-bond donors (Lipinski definition) is 0. The maximum Gasteiger partial charge on any atom is 0.349 e. The maximum absolute atomic E-state index is 12.2. The van der Waals surface area contributed by atoms with Gasteiger partial charge in [0, 0.05) is 17.0 Å². The zero-order valence-electron chi connectivity index (χ0n) is 13.2. The monoisotopic (exact) mass is 365 g/mol. The third kappa shape index (κ3) is 2.39. The van der Waals surface area contributed by atoms with Crippen molar-refractivity contribution in [3.8, 4) is 11.3 Å². The van der Waals surface area contributed by atoms with E-state index in [1.54, 1.807) is 30.3 Å². The molecule has 10 heteroatoms. The van der Waals surface area contributed by atoms with Gasteiger partial charge in [-0.25, -0.2) is 14.6 Å². The Morgan fingerprint density at radius 1 is 0.889 bits per heavy atom.